The SMILES string of the molecule is CCCCCN(C)S(=O)(=O)c1cc(Cl)cc(CN)c1F. The molecule has 0 heterocycles. The minimum Gasteiger partial charge on any atom is -0.326 e. The zero-order valence-corrected chi connectivity index (χ0v) is 13.3. The Morgan fingerprint density at radius 1 is 1.35 bits per heavy atom. The molecule has 0 aromatic heterocycles. The first-order chi connectivity index (χ1) is 9.34. The van der Waals surface area contributed by atoms with Gasteiger partial charge in [0.05, 0.1) is 0 Å². The molecule has 0 fully saturated rings. The van der Waals surface area contributed by atoms with Gasteiger partial charge in [-0.3, -0.25) is 0 Å². The number of hydrogen-bond donors (Lipinski definition) is 1. The van der Waals surface area contributed by atoms with Crippen LogP contribution in [0.15, 0.2) is 17.0 Å². The molecule has 0 atom stereocenters. The topological polar surface area (TPSA) is 63.4 Å². The van der Waals surface area contributed by atoms with Gasteiger partial charge < -0.3 is 5.73 Å². The van der Waals surface area contributed by atoms with Gasteiger partial charge in [-0.2, -0.15) is 0 Å². The molecule has 0 aliphatic heterocycles. The zero-order chi connectivity index (χ0) is 15.3. The molecule has 0 bridgehead atoms. The van der Waals surface area contributed by atoms with Gasteiger partial charge in [0.2, 0.25) is 10.0 Å². The monoisotopic (exact) mass is 322 g/mol. The Balaban J connectivity index is 3.12. The van der Waals surface area contributed by atoms with Gasteiger partial charge in [0, 0.05) is 30.7 Å². The summed E-state index contributed by atoms with van der Waals surface area (Å²) in [5, 5.41) is 0.160. The van der Waals surface area contributed by atoms with Crippen LogP contribution >= 0.6 is 11.6 Å². The van der Waals surface area contributed by atoms with E-state index in [9.17, 15) is 12.8 Å². The van der Waals surface area contributed by atoms with Crippen molar-refractivity contribution in [1.29, 1.82) is 0 Å². The molecule has 20 heavy (non-hydrogen) atoms. The van der Waals surface area contributed by atoms with Crippen molar-refractivity contribution in [2.45, 2.75) is 37.6 Å². The van der Waals surface area contributed by atoms with Crippen LogP contribution in [0.2, 0.25) is 5.02 Å². The smallest absolute Gasteiger partial charge is 0.245 e. The molecule has 4 nitrogen and oxygen atoms in total. The van der Waals surface area contributed by atoms with E-state index in [-0.39, 0.29) is 17.1 Å². The molecule has 0 spiro atoms. The second-order valence-electron chi connectivity index (χ2n) is 4.61. The van der Waals surface area contributed by atoms with Crippen LogP contribution in [0.3, 0.4) is 0 Å². The predicted octanol–water partition coefficient (Wildman–Crippen LogP) is 2.75. The van der Waals surface area contributed by atoms with E-state index in [1.165, 1.54) is 13.1 Å². The summed E-state index contributed by atoms with van der Waals surface area (Å²) in [4.78, 5) is -0.413. The van der Waals surface area contributed by atoms with Crippen molar-refractivity contribution in [2.75, 3.05) is 13.6 Å². The lowest BCUT2D eigenvalue weighted by atomic mass is 10.2. The average Bonchev–Trinajstić information content (AvgIpc) is 2.40. The molecule has 0 unspecified atom stereocenters. The Hall–Kier alpha value is -0.690. The fourth-order valence-electron chi connectivity index (χ4n) is 1.83. The lowest BCUT2D eigenvalue weighted by Gasteiger charge is -2.18. The highest BCUT2D eigenvalue weighted by molar-refractivity contribution is 7.89. The van der Waals surface area contributed by atoms with E-state index in [0.717, 1.165) is 29.6 Å². The lowest BCUT2D eigenvalue weighted by Crippen LogP contribution is -2.29. The average molecular weight is 323 g/mol. The molecule has 1 aromatic rings. The summed E-state index contributed by atoms with van der Waals surface area (Å²) in [6, 6.07) is 2.47. The van der Waals surface area contributed by atoms with Gasteiger partial charge in [-0.25, -0.2) is 17.1 Å². The Labute approximate surface area is 124 Å². The standard InChI is InChI=1S/C13H20ClFN2O2S/c1-3-4-5-6-17(2)20(18,19)12-8-11(14)7-10(9-16)13(12)15/h7-8H,3-6,9,16H2,1-2H3. The van der Waals surface area contributed by atoms with Gasteiger partial charge in [0.25, 0.3) is 0 Å². The van der Waals surface area contributed by atoms with Crippen molar-refractivity contribution in [3.8, 4) is 0 Å². The molecule has 0 saturated heterocycles. The van der Waals surface area contributed by atoms with E-state index >= 15 is 0 Å². The van der Waals surface area contributed by atoms with Crippen LogP contribution in [0.1, 0.15) is 31.7 Å². The van der Waals surface area contributed by atoms with E-state index in [2.05, 4.69) is 0 Å². The Bertz CT molecular complexity index is 564. The number of rotatable bonds is 7. The highest BCUT2D eigenvalue weighted by Crippen LogP contribution is 2.25. The van der Waals surface area contributed by atoms with Crippen LogP contribution in [-0.4, -0.2) is 26.3 Å². The minimum atomic E-state index is -3.89. The van der Waals surface area contributed by atoms with Crippen molar-refractivity contribution in [1.82, 2.24) is 4.31 Å². The maximum absolute atomic E-state index is 14.2. The maximum Gasteiger partial charge on any atom is 0.245 e. The van der Waals surface area contributed by atoms with Gasteiger partial charge in [0.1, 0.15) is 10.7 Å². The van der Waals surface area contributed by atoms with E-state index < -0.39 is 20.7 Å². The second kappa shape index (κ2) is 7.36. The van der Waals surface area contributed by atoms with Gasteiger partial charge in [-0.05, 0) is 18.6 Å². The summed E-state index contributed by atoms with van der Waals surface area (Å²) in [6.07, 6.45) is 2.64. The fraction of sp³-hybridized carbons (Fsp3) is 0.538. The third-order valence-electron chi connectivity index (χ3n) is 3.06. The molecule has 7 heteroatoms. The van der Waals surface area contributed by atoms with Crippen molar-refractivity contribution in [3.05, 3.63) is 28.5 Å². The number of unbranched alkanes of at least 4 members (excludes halogenated alkanes) is 2. The van der Waals surface area contributed by atoms with Gasteiger partial charge in [-0.15, -0.1) is 0 Å². The molecular weight excluding hydrogens is 303 g/mol. The highest BCUT2D eigenvalue weighted by Gasteiger charge is 2.26. The Morgan fingerprint density at radius 3 is 2.55 bits per heavy atom. The van der Waals surface area contributed by atoms with E-state index in [1.807, 2.05) is 6.92 Å². The van der Waals surface area contributed by atoms with Crippen LogP contribution in [0.5, 0.6) is 0 Å². The number of nitrogens with zero attached hydrogens (tertiary/aromatic N) is 1. The summed E-state index contributed by atoms with van der Waals surface area (Å²) in [7, 11) is -2.45. The van der Waals surface area contributed by atoms with E-state index in [1.54, 1.807) is 0 Å². The fourth-order valence-corrected chi connectivity index (χ4v) is 3.47. The number of halogens is 2. The third-order valence-corrected chi connectivity index (χ3v) is 5.14. The molecule has 0 saturated carbocycles. The van der Waals surface area contributed by atoms with Crippen LogP contribution < -0.4 is 5.73 Å². The van der Waals surface area contributed by atoms with E-state index in [4.69, 9.17) is 17.3 Å². The highest BCUT2D eigenvalue weighted by atomic mass is 35.5. The Kier molecular flexibility index (Phi) is 6.39. The Morgan fingerprint density at radius 2 is 2.00 bits per heavy atom. The summed E-state index contributed by atoms with van der Waals surface area (Å²) in [5.74, 6) is -0.820. The number of hydrogen-bond acceptors (Lipinski definition) is 3. The first kappa shape index (κ1) is 17.4. The number of benzene rings is 1. The molecular formula is C13H20ClFN2O2S. The van der Waals surface area contributed by atoms with Crippen LogP contribution in [0.25, 0.3) is 0 Å². The largest absolute Gasteiger partial charge is 0.326 e. The van der Waals surface area contributed by atoms with Gasteiger partial charge in [0.15, 0.2) is 0 Å². The summed E-state index contributed by atoms with van der Waals surface area (Å²) >= 11 is 5.83. The molecule has 0 amide bonds. The minimum absolute atomic E-state index is 0.0954. The molecule has 1 rings (SSSR count). The summed E-state index contributed by atoms with van der Waals surface area (Å²) < 4.78 is 40.0. The number of nitrogens with two attached hydrogens (primary N) is 1. The predicted molar refractivity (Wildman–Crippen MR) is 78.6 cm³/mol. The molecule has 0 aliphatic carbocycles. The van der Waals surface area contributed by atoms with Crippen molar-refractivity contribution in [2.24, 2.45) is 5.73 Å². The van der Waals surface area contributed by atoms with Crippen molar-refractivity contribution < 1.29 is 12.8 Å². The first-order valence-electron chi connectivity index (χ1n) is 6.49. The zero-order valence-electron chi connectivity index (χ0n) is 11.7. The third kappa shape index (κ3) is 3.91. The molecule has 0 radical (unpaired) electrons. The quantitative estimate of drug-likeness (QED) is 0.785. The van der Waals surface area contributed by atoms with Crippen LogP contribution in [0, 0.1) is 5.82 Å². The maximum atomic E-state index is 14.2. The van der Waals surface area contributed by atoms with Crippen LogP contribution in [0.4, 0.5) is 4.39 Å². The normalized spacial score (nSPS) is 12.1. The molecule has 2 N–H and O–H groups in total. The second-order valence-corrected chi connectivity index (χ2v) is 7.06. The van der Waals surface area contributed by atoms with E-state index in [0.29, 0.717) is 6.54 Å². The molecule has 0 aliphatic rings. The number of sulfonamides is 1. The summed E-state index contributed by atoms with van der Waals surface area (Å²) in [6.45, 7) is 2.27. The van der Waals surface area contributed by atoms with Gasteiger partial charge in [-0.1, -0.05) is 31.4 Å². The van der Waals surface area contributed by atoms with Crippen molar-refractivity contribution in [3.63, 3.8) is 0 Å². The summed E-state index contributed by atoms with van der Waals surface area (Å²) in [5.41, 5.74) is 5.49. The first-order valence-corrected chi connectivity index (χ1v) is 8.30. The van der Waals surface area contributed by atoms with Gasteiger partial charge >= 0.3 is 0 Å². The van der Waals surface area contributed by atoms with Crippen LogP contribution in [-0.2, 0) is 16.6 Å². The lowest BCUT2D eigenvalue weighted by molar-refractivity contribution is 0.448. The molecule has 1 aromatic carbocycles. The van der Waals surface area contributed by atoms with Crippen molar-refractivity contribution >= 4 is 21.6 Å². The molecule has 114 valence electrons.